The van der Waals surface area contributed by atoms with Crippen LogP contribution in [0.4, 0.5) is 5.69 Å². The number of hydrogen-bond donors (Lipinski definition) is 3. The van der Waals surface area contributed by atoms with E-state index in [-0.39, 0.29) is 23.8 Å². The lowest BCUT2D eigenvalue weighted by Crippen LogP contribution is -2.32. The van der Waals surface area contributed by atoms with E-state index in [1.807, 2.05) is 73.6 Å². The van der Waals surface area contributed by atoms with Crippen molar-refractivity contribution in [3.63, 3.8) is 0 Å². The van der Waals surface area contributed by atoms with E-state index < -0.39 is 5.97 Å². The Balaban J connectivity index is 1.37. The molecule has 184 valence electrons. The zero-order valence-electron chi connectivity index (χ0n) is 20.0. The van der Waals surface area contributed by atoms with Crippen molar-refractivity contribution < 1.29 is 24.5 Å². The smallest absolute Gasteiger partial charge is 0.339 e. The minimum absolute atomic E-state index is 0.0946. The second-order valence-corrected chi connectivity index (χ2v) is 8.47. The highest BCUT2D eigenvalue weighted by atomic mass is 16.5. The average Bonchev–Trinajstić information content (AvgIpc) is 2.82. The number of para-hydroxylation sites is 1. The van der Waals surface area contributed by atoms with E-state index in [0.717, 1.165) is 30.8 Å². The van der Waals surface area contributed by atoms with E-state index in [9.17, 15) is 14.7 Å². The Hall–Kier alpha value is -3.88. The largest absolute Gasteiger partial charge is 0.507 e. The Bertz CT molecular complexity index is 1120. The lowest BCUT2D eigenvalue weighted by Gasteiger charge is -2.20. The van der Waals surface area contributed by atoms with Crippen LogP contribution >= 0.6 is 0 Å². The molecule has 0 atom stereocenters. The third-order valence-electron chi connectivity index (χ3n) is 5.35. The highest BCUT2D eigenvalue weighted by Crippen LogP contribution is 2.22. The molecular weight excluding hydrogens is 446 g/mol. The van der Waals surface area contributed by atoms with Crippen molar-refractivity contribution in [2.24, 2.45) is 0 Å². The normalized spacial score (nSPS) is 11.0. The van der Waals surface area contributed by atoms with Gasteiger partial charge in [-0.15, -0.1) is 0 Å². The number of carbonyl (C=O) groups is 2. The summed E-state index contributed by atoms with van der Waals surface area (Å²) in [6, 6.07) is 21.4. The van der Waals surface area contributed by atoms with E-state index in [1.54, 1.807) is 6.07 Å². The maximum absolute atomic E-state index is 12.4. The van der Waals surface area contributed by atoms with Crippen LogP contribution in [0.2, 0.25) is 0 Å². The molecule has 0 heterocycles. The number of carbonyl (C=O) groups excluding carboxylic acids is 1. The summed E-state index contributed by atoms with van der Waals surface area (Å²) in [5.74, 6) is -0.0296. The number of rotatable bonds is 12. The second kappa shape index (κ2) is 12.5. The van der Waals surface area contributed by atoms with Gasteiger partial charge in [-0.3, -0.25) is 9.69 Å². The second-order valence-electron chi connectivity index (χ2n) is 8.47. The van der Waals surface area contributed by atoms with Gasteiger partial charge in [-0.1, -0.05) is 24.3 Å². The number of carboxylic acid groups (broad SMARTS) is 1. The van der Waals surface area contributed by atoms with E-state index in [1.165, 1.54) is 12.1 Å². The zero-order valence-corrected chi connectivity index (χ0v) is 20.0. The first-order chi connectivity index (χ1) is 16.8. The predicted molar refractivity (Wildman–Crippen MR) is 135 cm³/mol. The van der Waals surface area contributed by atoms with Crippen LogP contribution in [-0.4, -0.2) is 65.6 Å². The van der Waals surface area contributed by atoms with Crippen LogP contribution in [-0.2, 0) is 11.3 Å². The molecular formula is C27H31N3O5. The number of nitrogens with zero attached hydrogens (tertiary/aromatic N) is 2. The molecule has 0 aliphatic heterocycles. The third kappa shape index (κ3) is 8.44. The first-order valence-electron chi connectivity index (χ1n) is 11.4. The number of likely N-dealkylation sites (N-methyl/N-ethyl adjacent to an activating group) is 1. The molecule has 0 spiro atoms. The van der Waals surface area contributed by atoms with Crippen molar-refractivity contribution in [1.29, 1.82) is 0 Å². The molecule has 0 aliphatic rings. The first-order valence-corrected chi connectivity index (χ1v) is 11.4. The predicted octanol–water partition coefficient (Wildman–Crippen LogP) is 4.28. The Morgan fingerprint density at radius 1 is 0.886 bits per heavy atom. The van der Waals surface area contributed by atoms with Crippen LogP contribution in [0.15, 0.2) is 72.8 Å². The number of phenols is 1. The fourth-order valence-corrected chi connectivity index (χ4v) is 3.61. The average molecular weight is 478 g/mol. The Morgan fingerprint density at radius 2 is 1.54 bits per heavy atom. The van der Waals surface area contributed by atoms with Gasteiger partial charge in [-0.05, 0) is 87.7 Å². The summed E-state index contributed by atoms with van der Waals surface area (Å²) in [4.78, 5) is 27.6. The van der Waals surface area contributed by atoms with Crippen LogP contribution in [0.1, 0.15) is 22.3 Å². The minimum Gasteiger partial charge on any atom is -0.507 e. The van der Waals surface area contributed by atoms with Crippen LogP contribution in [0.25, 0.3) is 0 Å². The molecule has 0 unspecified atom stereocenters. The molecule has 0 bridgehead atoms. The SMILES string of the molecule is CN(CCCN(C)Cc1ccc(O)c(C(=O)O)c1)CC(=O)Nc1ccc(Oc2ccccc2)cc1. The molecule has 0 radical (unpaired) electrons. The van der Waals surface area contributed by atoms with Gasteiger partial charge < -0.3 is 25.2 Å². The van der Waals surface area contributed by atoms with Crippen molar-refractivity contribution in [3.8, 4) is 17.2 Å². The number of ether oxygens (including phenoxy) is 1. The third-order valence-corrected chi connectivity index (χ3v) is 5.35. The van der Waals surface area contributed by atoms with Gasteiger partial charge in [-0.2, -0.15) is 0 Å². The number of amides is 1. The Labute approximate surface area is 205 Å². The molecule has 3 rings (SSSR count). The van der Waals surface area contributed by atoms with Crippen molar-refractivity contribution in [2.45, 2.75) is 13.0 Å². The van der Waals surface area contributed by atoms with Crippen molar-refractivity contribution in [2.75, 3.05) is 39.0 Å². The fraction of sp³-hybridized carbons (Fsp3) is 0.259. The molecule has 3 N–H and O–H groups in total. The van der Waals surface area contributed by atoms with Crippen molar-refractivity contribution >= 4 is 17.6 Å². The molecule has 0 aliphatic carbocycles. The highest BCUT2D eigenvalue weighted by molar-refractivity contribution is 5.92. The molecule has 0 saturated heterocycles. The molecule has 8 nitrogen and oxygen atoms in total. The van der Waals surface area contributed by atoms with E-state index >= 15 is 0 Å². The van der Waals surface area contributed by atoms with Crippen LogP contribution in [0.3, 0.4) is 0 Å². The maximum atomic E-state index is 12.4. The summed E-state index contributed by atoms with van der Waals surface area (Å²) >= 11 is 0. The van der Waals surface area contributed by atoms with Crippen molar-refractivity contribution in [1.82, 2.24) is 9.80 Å². The summed E-state index contributed by atoms with van der Waals surface area (Å²) in [7, 11) is 3.85. The van der Waals surface area contributed by atoms with Gasteiger partial charge >= 0.3 is 5.97 Å². The molecule has 0 aromatic heterocycles. The van der Waals surface area contributed by atoms with Gasteiger partial charge in [-0.25, -0.2) is 4.79 Å². The van der Waals surface area contributed by atoms with Gasteiger partial charge in [0.05, 0.1) is 6.54 Å². The van der Waals surface area contributed by atoms with Crippen molar-refractivity contribution in [3.05, 3.63) is 83.9 Å². The highest BCUT2D eigenvalue weighted by Gasteiger charge is 2.12. The summed E-state index contributed by atoms with van der Waals surface area (Å²) in [5, 5.41) is 21.7. The lowest BCUT2D eigenvalue weighted by atomic mass is 10.1. The molecule has 3 aromatic rings. The number of anilines is 1. The van der Waals surface area contributed by atoms with Gasteiger partial charge in [0.1, 0.15) is 22.8 Å². The number of aromatic carboxylic acids is 1. The lowest BCUT2D eigenvalue weighted by molar-refractivity contribution is -0.117. The molecule has 8 heteroatoms. The van der Waals surface area contributed by atoms with Gasteiger partial charge in [0.25, 0.3) is 0 Å². The van der Waals surface area contributed by atoms with Gasteiger partial charge in [0, 0.05) is 12.2 Å². The van der Waals surface area contributed by atoms with E-state index in [4.69, 9.17) is 9.84 Å². The number of benzene rings is 3. The minimum atomic E-state index is -1.15. The van der Waals surface area contributed by atoms with Gasteiger partial charge in [0.2, 0.25) is 5.91 Å². The summed E-state index contributed by atoms with van der Waals surface area (Å²) in [6.07, 6.45) is 0.843. The molecule has 35 heavy (non-hydrogen) atoms. The fourth-order valence-electron chi connectivity index (χ4n) is 3.61. The number of carboxylic acids is 1. The monoisotopic (exact) mass is 477 g/mol. The number of hydrogen-bond acceptors (Lipinski definition) is 6. The summed E-state index contributed by atoms with van der Waals surface area (Å²) < 4.78 is 5.76. The molecule has 1 amide bonds. The summed E-state index contributed by atoms with van der Waals surface area (Å²) in [6.45, 7) is 2.34. The van der Waals surface area contributed by atoms with E-state index in [2.05, 4.69) is 10.2 Å². The summed E-state index contributed by atoms with van der Waals surface area (Å²) in [5.41, 5.74) is 1.42. The topological polar surface area (TPSA) is 102 Å². The van der Waals surface area contributed by atoms with Gasteiger partial charge in [0.15, 0.2) is 0 Å². The number of aromatic hydroxyl groups is 1. The Kier molecular flexibility index (Phi) is 9.23. The maximum Gasteiger partial charge on any atom is 0.339 e. The number of nitrogens with one attached hydrogen (secondary N) is 1. The molecule has 3 aromatic carbocycles. The van der Waals surface area contributed by atoms with Crippen LogP contribution in [0.5, 0.6) is 17.2 Å². The quantitative estimate of drug-likeness (QED) is 0.358. The van der Waals surface area contributed by atoms with Crippen LogP contribution in [0, 0.1) is 0 Å². The zero-order chi connectivity index (χ0) is 25.2. The van der Waals surface area contributed by atoms with E-state index in [0.29, 0.717) is 18.0 Å². The molecule has 0 fully saturated rings. The standard InChI is InChI=1S/C27H31N3O5/c1-29(18-20-9-14-25(31)24(17-20)27(33)34)15-6-16-30(2)19-26(32)28-21-10-12-23(13-11-21)35-22-7-4-3-5-8-22/h3-5,7-14,17,31H,6,15-16,18-19H2,1-2H3,(H,28,32)(H,33,34). The Morgan fingerprint density at radius 3 is 2.23 bits per heavy atom. The van der Waals surface area contributed by atoms with Crippen LogP contribution < -0.4 is 10.1 Å². The molecule has 0 saturated carbocycles. The first kappa shape index (κ1) is 25.7.